The van der Waals surface area contributed by atoms with Crippen LogP contribution in [0.5, 0.6) is 5.75 Å². The van der Waals surface area contributed by atoms with E-state index in [-0.39, 0.29) is 5.91 Å². The Labute approximate surface area is 175 Å². The Balaban J connectivity index is 1.55. The average molecular weight is 400 g/mol. The highest BCUT2D eigenvalue weighted by molar-refractivity contribution is 6.05. The van der Waals surface area contributed by atoms with E-state index in [4.69, 9.17) is 9.15 Å². The fourth-order valence-electron chi connectivity index (χ4n) is 3.14. The number of para-hydroxylation sites is 2. The zero-order valence-corrected chi connectivity index (χ0v) is 17.1. The fourth-order valence-corrected chi connectivity index (χ4v) is 3.14. The molecule has 0 radical (unpaired) electrons. The molecule has 30 heavy (non-hydrogen) atoms. The summed E-state index contributed by atoms with van der Waals surface area (Å²) >= 11 is 0. The highest BCUT2D eigenvalue weighted by atomic mass is 16.5. The number of benzene rings is 3. The Hall–Kier alpha value is -3.60. The Morgan fingerprint density at radius 3 is 2.77 bits per heavy atom. The number of hydrogen-bond acceptors (Lipinski definition) is 4. The fraction of sp³-hybridized carbons (Fsp3) is 0.200. The minimum Gasteiger partial charge on any atom is -0.494 e. The average Bonchev–Trinajstić information content (AvgIpc) is 3.20. The van der Waals surface area contributed by atoms with Crippen LogP contribution in [0.25, 0.3) is 22.6 Å². The second-order valence-corrected chi connectivity index (χ2v) is 7.20. The van der Waals surface area contributed by atoms with Crippen molar-refractivity contribution in [2.45, 2.75) is 26.7 Å². The van der Waals surface area contributed by atoms with Gasteiger partial charge in [-0.1, -0.05) is 37.6 Å². The first kappa shape index (κ1) is 19.7. The van der Waals surface area contributed by atoms with Crippen molar-refractivity contribution < 1.29 is 13.9 Å². The molecule has 0 fully saturated rings. The van der Waals surface area contributed by atoms with E-state index in [2.05, 4.69) is 17.2 Å². The molecule has 1 heterocycles. The minimum absolute atomic E-state index is 0.186. The molecule has 3 aromatic carbocycles. The first-order valence-electron chi connectivity index (χ1n) is 10.1. The lowest BCUT2D eigenvalue weighted by atomic mass is 10.1. The molecule has 1 aromatic heterocycles. The molecular formula is C25H24N2O3. The molecule has 0 aliphatic rings. The zero-order valence-electron chi connectivity index (χ0n) is 17.1. The number of fused-ring (bicyclic) bond motifs is 1. The lowest BCUT2D eigenvalue weighted by Crippen LogP contribution is -2.13. The molecule has 0 saturated heterocycles. The maximum absolute atomic E-state index is 12.8. The largest absolute Gasteiger partial charge is 0.494 e. The lowest BCUT2D eigenvalue weighted by Gasteiger charge is -2.11. The summed E-state index contributed by atoms with van der Waals surface area (Å²) in [7, 11) is 0. The number of anilines is 1. The molecule has 1 amide bonds. The Morgan fingerprint density at radius 2 is 1.93 bits per heavy atom. The number of unbranched alkanes of at least 4 members (excludes halogenated alkanes) is 1. The van der Waals surface area contributed by atoms with Crippen molar-refractivity contribution >= 4 is 22.7 Å². The number of aryl methyl sites for hydroxylation is 1. The molecule has 0 saturated carbocycles. The van der Waals surface area contributed by atoms with Gasteiger partial charge in [0.25, 0.3) is 5.91 Å². The molecule has 0 atom stereocenters. The molecule has 0 aliphatic carbocycles. The van der Waals surface area contributed by atoms with Crippen molar-refractivity contribution in [1.29, 1.82) is 0 Å². The molecule has 0 spiro atoms. The summed E-state index contributed by atoms with van der Waals surface area (Å²) in [5.41, 5.74) is 4.58. The van der Waals surface area contributed by atoms with Crippen LogP contribution >= 0.6 is 0 Å². The predicted octanol–water partition coefficient (Wildman–Crippen LogP) is 6.23. The van der Waals surface area contributed by atoms with E-state index in [0.29, 0.717) is 23.8 Å². The van der Waals surface area contributed by atoms with Gasteiger partial charge in [-0.05, 0) is 61.4 Å². The van der Waals surface area contributed by atoms with Crippen molar-refractivity contribution in [3.63, 3.8) is 0 Å². The van der Waals surface area contributed by atoms with E-state index in [0.717, 1.165) is 40.8 Å². The van der Waals surface area contributed by atoms with Gasteiger partial charge in [-0.15, -0.1) is 0 Å². The van der Waals surface area contributed by atoms with Crippen molar-refractivity contribution in [2.24, 2.45) is 0 Å². The Kier molecular flexibility index (Phi) is 5.80. The third-order valence-electron chi connectivity index (χ3n) is 4.89. The molecule has 0 unspecified atom stereocenters. The molecule has 152 valence electrons. The van der Waals surface area contributed by atoms with Crippen LogP contribution in [0.15, 0.2) is 71.1 Å². The van der Waals surface area contributed by atoms with Gasteiger partial charge in [-0.25, -0.2) is 4.98 Å². The highest BCUT2D eigenvalue weighted by Gasteiger charge is 2.13. The maximum Gasteiger partial charge on any atom is 0.255 e. The summed E-state index contributed by atoms with van der Waals surface area (Å²) in [5.74, 6) is 1.04. The zero-order chi connectivity index (χ0) is 20.9. The van der Waals surface area contributed by atoms with E-state index < -0.39 is 0 Å². The molecular weight excluding hydrogens is 376 g/mol. The van der Waals surface area contributed by atoms with Gasteiger partial charge in [0.2, 0.25) is 5.89 Å². The predicted molar refractivity (Wildman–Crippen MR) is 119 cm³/mol. The number of carbonyl (C=O) groups excluding carboxylic acids is 1. The maximum atomic E-state index is 12.8. The van der Waals surface area contributed by atoms with Crippen LogP contribution in [0.3, 0.4) is 0 Å². The molecule has 4 rings (SSSR count). The molecule has 1 N–H and O–H groups in total. The van der Waals surface area contributed by atoms with Crippen LogP contribution in [-0.2, 0) is 0 Å². The van der Waals surface area contributed by atoms with E-state index in [1.165, 1.54) is 0 Å². The normalized spacial score (nSPS) is 10.9. The van der Waals surface area contributed by atoms with Gasteiger partial charge in [0.1, 0.15) is 11.3 Å². The van der Waals surface area contributed by atoms with Gasteiger partial charge in [0.15, 0.2) is 5.58 Å². The third-order valence-corrected chi connectivity index (χ3v) is 4.89. The standard InChI is InChI=1S/C25H24N2O3/c1-3-4-14-29-20-9-7-8-18(15-20)24(28)26-22-16-19(13-12-17(22)2)25-27-21-10-5-6-11-23(21)30-25/h5-13,15-16H,3-4,14H2,1-2H3,(H,26,28). The smallest absolute Gasteiger partial charge is 0.255 e. The van der Waals surface area contributed by atoms with Crippen LogP contribution in [0.4, 0.5) is 5.69 Å². The second-order valence-electron chi connectivity index (χ2n) is 7.20. The van der Waals surface area contributed by atoms with Crippen molar-refractivity contribution in [3.05, 3.63) is 77.9 Å². The van der Waals surface area contributed by atoms with Gasteiger partial charge in [0.05, 0.1) is 6.61 Å². The molecule has 0 bridgehead atoms. The summed E-state index contributed by atoms with van der Waals surface area (Å²) < 4.78 is 11.6. The number of ether oxygens (including phenoxy) is 1. The van der Waals surface area contributed by atoms with E-state index >= 15 is 0 Å². The van der Waals surface area contributed by atoms with E-state index in [9.17, 15) is 4.79 Å². The summed E-state index contributed by atoms with van der Waals surface area (Å²) in [6.45, 7) is 4.72. The van der Waals surface area contributed by atoms with Gasteiger partial charge in [-0.2, -0.15) is 0 Å². The number of rotatable bonds is 7. The monoisotopic (exact) mass is 400 g/mol. The van der Waals surface area contributed by atoms with Gasteiger partial charge in [-0.3, -0.25) is 4.79 Å². The summed E-state index contributed by atoms with van der Waals surface area (Å²) in [6.07, 6.45) is 2.05. The second kappa shape index (κ2) is 8.82. The summed E-state index contributed by atoms with van der Waals surface area (Å²) in [6, 6.07) is 20.7. The number of amides is 1. The van der Waals surface area contributed by atoms with Crippen molar-refractivity contribution in [2.75, 3.05) is 11.9 Å². The van der Waals surface area contributed by atoms with Crippen LogP contribution in [-0.4, -0.2) is 17.5 Å². The van der Waals surface area contributed by atoms with Crippen molar-refractivity contribution in [3.8, 4) is 17.2 Å². The SMILES string of the molecule is CCCCOc1cccc(C(=O)Nc2cc(-c3nc4ccccc4o3)ccc2C)c1. The number of nitrogens with one attached hydrogen (secondary N) is 1. The first-order chi connectivity index (χ1) is 14.6. The number of aromatic nitrogens is 1. The Bertz CT molecular complexity index is 1150. The highest BCUT2D eigenvalue weighted by Crippen LogP contribution is 2.28. The van der Waals surface area contributed by atoms with Crippen LogP contribution < -0.4 is 10.1 Å². The van der Waals surface area contributed by atoms with E-state index in [1.54, 1.807) is 12.1 Å². The van der Waals surface area contributed by atoms with Gasteiger partial charge < -0.3 is 14.5 Å². The van der Waals surface area contributed by atoms with Crippen LogP contribution in [0.1, 0.15) is 35.7 Å². The number of carbonyl (C=O) groups is 1. The summed E-state index contributed by atoms with van der Waals surface area (Å²) in [4.78, 5) is 17.4. The number of nitrogens with zero attached hydrogens (tertiary/aromatic N) is 1. The first-order valence-corrected chi connectivity index (χ1v) is 10.1. The lowest BCUT2D eigenvalue weighted by molar-refractivity contribution is 0.102. The quantitative estimate of drug-likeness (QED) is 0.373. The van der Waals surface area contributed by atoms with Gasteiger partial charge >= 0.3 is 0 Å². The van der Waals surface area contributed by atoms with Crippen LogP contribution in [0.2, 0.25) is 0 Å². The number of oxazole rings is 1. The molecule has 0 aliphatic heterocycles. The van der Waals surface area contributed by atoms with E-state index in [1.807, 2.05) is 61.5 Å². The van der Waals surface area contributed by atoms with Gasteiger partial charge in [0, 0.05) is 16.8 Å². The molecule has 4 aromatic rings. The third kappa shape index (κ3) is 4.35. The molecule has 5 nitrogen and oxygen atoms in total. The summed E-state index contributed by atoms with van der Waals surface area (Å²) in [5, 5.41) is 3.00. The molecule has 5 heteroatoms. The van der Waals surface area contributed by atoms with Crippen molar-refractivity contribution in [1.82, 2.24) is 4.98 Å². The Morgan fingerprint density at radius 1 is 1.07 bits per heavy atom. The number of hydrogen-bond donors (Lipinski definition) is 1. The van der Waals surface area contributed by atoms with Crippen LogP contribution in [0, 0.1) is 6.92 Å². The topological polar surface area (TPSA) is 64.4 Å². The minimum atomic E-state index is -0.186.